The Morgan fingerprint density at radius 1 is 1.39 bits per heavy atom. The predicted octanol–water partition coefficient (Wildman–Crippen LogP) is 1.78. The molecule has 0 aliphatic carbocycles. The fourth-order valence-electron chi connectivity index (χ4n) is 1.92. The van der Waals surface area contributed by atoms with Gasteiger partial charge in [-0.25, -0.2) is 8.78 Å². The van der Waals surface area contributed by atoms with Crippen LogP contribution in [0.25, 0.3) is 0 Å². The molecule has 0 heterocycles. The maximum atomic E-state index is 11.2. The van der Waals surface area contributed by atoms with Gasteiger partial charge in [0.2, 0.25) is 6.43 Å². The molecular formula is C15H21F2KN2O2S. The SMILES string of the molecule is CCCCC(F)F.CCc1ccc([N+](=O)[O-])c(C)c1C(=N)[S-].[K+]. The standard InChI is InChI=1S/C10H12N2O2S.C5H10F2.K/c1-3-7-4-5-8(12(13)14)6(2)9(7)10(11)15;1-2-3-4-5(6)7;/h4-5H,3H2,1-2H3,(H2,11,15);5H,2-4H2,1H3;/q;;+1/p-1. The van der Waals surface area contributed by atoms with Gasteiger partial charge in [0.05, 0.1) is 4.92 Å². The van der Waals surface area contributed by atoms with E-state index in [1.165, 1.54) is 6.07 Å². The average molecular weight is 371 g/mol. The van der Waals surface area contributed by atoms with Gasteiger partial charge in [0.1, 0.15) is 0 Å². The van der Waals surface area contributed by atoms with E-state index in [-0.39, 0.29) is 68.5 Å². The molecule has 0 saturated heterocycles. The van der Waals surface area contributed by atoms with Crippen LogP contribution in [0.3, 0.4) is 0 Å². The molecule has 0 saturated carbocycles. The van der Waals surface area contributed by atoms with Crippen LogP contribution in [0.15, 0.2) is 12.1 Å². The van der Waals surface area contributed by atoms with E-state index in [4.69, 9.17) is 18.0 Å². The Morgan fingerprint density at radius 2 is 1.96 bits per heavy atom. The number of alkyl halides is 2. The van der Waals surface area contributed by atoms with E-state index in [0.717, 1.165) is 12.0 Å². The number of nitrogens with one attached hydrogen (secondary N) is 1. The van der Waals surface area contributed by atoms with Crippen molar-refractivity contribution in [3.8, 4) is 0 Å². The summed E-state index contributed by atoms with van der Waals surface area (Å²) in [6.07, 6.45) is 0.200. The number of unbranched alkanes of at least 4 members (excludes halogenated alkanes) is 1. The van der Waals surface area contributed by atoms with Crippen molar-refractivity contribution in [3.63, 3.8) is 0 Å². The van der Waals surface area contributed by atoms with Crippen LogP contribution in [0.1, 0.15) is 49.8 Å². The zero-order chi connectivity index (χ0) is 17.3. The first-order valence-electron chi connectivity index (χ1n) is 7.07. The van der Waals surface area contributed by atoms with E-state index in [0.29, 0.717) is 24.0 Å². The van der Waals surface area contributed by atoms with Crippen LogP contribution >= 0.6 is 0 Å². The van der Waals surface area contributed by atoms with Gasteiger partial charge in [0.25, 0.3) is 5.69 Å². The molecule has 1 aromatic rings. The average Bonchev–Trinajstić information content (AvgIpc) is 2.44. The van der Waals surface area contributed by atoms with Crippen LogP contribution in [0.2, 0.25) is 0 Å². The van der Waals surface area contributed by atoms with Crippen molar-refractivity contribution in [2.24, 2.45) is 0 Å². The third-order valence-electron chi connectivity index (χ3n) is 3.10. The minimum atomic E-state index is -2.10. The van der Waals surface area contributed by atoms with Crippen LogP contribution in [-0.2, 0) is 19.0 Å². The van der Waals surface area contributed by atoms with Crippen LogP contribution < -0.4 is 51.4 Å². The molecule has 124 valence electrons. The van der Waals surface area contributed by atoms with Crippen LogP contribution in [0.5, 0.6) is 0 Å². The van der Waals surface area contributed by atoms with E-state index >= 15 is 0 Å². The number of hydrogen-bond donors (Lipinski definition) is 1. The zero-order valence-electron chi connectivity index (χ0n) is 14.0. The van der Waals surface area contributed by atoms with Gasteiger partial charge in [-0.2, -0.15) is 0 Å². The molecule has 0 amide bonds. The second kappa shape index (κ2) is 13.3. The fraction of sp³-hybridized carbons (Fsp3) is 0.533. The van der Waals surface area contributed by atoms with Gasteiger partial charge in [-0.05, 0) is 30.9 Å². The summed E-state index contributed by atoms with van der Waals surface area (Å²) in [4.78, 5) is 10.2. The van der Waals surface area contributed by atoms with Gasteiger partial charge in [0, 0.05) is 18.1 Å². The Kier molecular flexibility index (Phi) is 14.6. The van der Waals surface area contributed by atoms with Crippen molar-refractivity contribution < 1.29 is 65.1 Å². The Balaban J connectivity index is 0. The zero-order valence-corrected chi connectivity index (χ0v) is 17.9. The molecular weight excluding hydrogens is 349 g/mol. The summed E-state index contributed by atoms with van der Waals surface area (Å²) in [7, 11) is 0. The Morgan fingerprint density at radius 3 is 2.26 bits per heavy atom. The first-order valence-corrected chi connectivity index (χ1v) is 7.47. The second-order valence-corrected chi connectivity index (χ2v) is 5.13. The van der Waals surface area contributed by atoms with Gasteiger partial charge in [-0.1, -0.05) is 31.4 Å². The predicted molar refractivity (Wildman–Crippen MR) is 86.9 cm³/mol. The van der Waals surface area contributed by atoms with Crippen molar-refractivity contribution in [3.05, 3.63) is 38.9 Å². The van der Waals surface area contributed by atoms with Crippen molar-refractivity contribution in [1.82, 2.24) is 0 Å². The Bertz CT molecular complexity index is 528. The van der Waals surface area contributed by atoms with Gasteiger partial charge in [-0.15, -0.1) is 0 Å². The fourth-order valence-corrected chi connectivity index (χ4v) is 2.21. The second-order valence-electron chi connectivity index (χ2n) is 4.72. The maximum absolute atomic E-state index is 11.2. The molecule has 4 nitrogen and oxygen atoms in total. The van der Waals surface area contributed by atoms with Crippen molar-refractivity contribution in [1.29, 1.82) is 5.41 Å². The molecule has 0 spiro atoms. The number of hydrogen-bond acceptors (Lipinski definition) is 4. The summed E-state index contributed by atoms with van der Waals surface area (Å²) >= 11 is 4.79. The Hall–Kier alpha value is 0.00636. The number of nitrogens with zero attached hydrogens (tertiary/aromatic N) is 1. The number of nitro benzene ring substituents is 1. The molecule has 23 heavy (non-hydrogen) atoms. The van der Waals surface area contributed by atoms with Crippen LogP contribution in [0, 0.1) is 22.4 Å². The minimum absolute atomic E-state index is 0. The quantitative estimate of drug-likeness (QED) is 0.207. The molecule has 1 rings (SSSR count). The van der Waals surface area contributed by atoms with Gasteiger partial charge >= 0.3 is 51.4 Å². The molecule has 0 aliphatic rings. The maximum Gasteiger partial charge on any atom is 1.00 e. The number of benzene rings is 1. The smallest absolute Gasteiger partial charge is 0.760 e. The summed E-state index contributed by atoms with van der Waals surface area (Å²) in [5.74, 6) is 0. The van der Waals surface area contributed by atoms with E-state index in [2.05, 4.69) is 0 Å². The van der Waals surface area contributed by atoms with E-state index in [1.807, 2.05) is 13.8 Å². The van der Waals surface area contributed by atoms with E-state index in [9.17, 15) is 18.9 Å². The van der Waals surface area contributed by atoms with Crippen molar-refractivity contribution >= 4 is 23.4 Å². The number of aryl methyl sites for hydroxylation is 1. The molecule has 1 N–H and O–H groups in total. The van der Waals surface area contributed by atoms with Crippen LogP contribution in [-0.4, -0.2) is 16.4 Å². The first kappa shape index (κ1) is 25.2. The molecule has 0 unspecified atom stereocenters. The summed E-state index contributed by atoms with van der Waals surface area (Å²) in [5.41, 5.74) is 1.93. The van der Waals surface area contributed by atoms with Gasteiger partial charge in [-0.3, -0.25) is 10.1 Å². The van der Waals surface area contributed by atoms with Gasteiger partial charge in [0.15, 0.2) is 0 Å². The molecule has 0 fully saturated rings. The number of nitro groups is 1. The number of rotatable bonds is 6. The summed E-state index contributed by atoms with van der Waals surface area (Å²) in [5, 5.41) is 18.1. The molecule has 0 atom stereocenters. The van der Waals surface area contributed by atoms with E-state index < -0.39 is 11.3 Å². The molecule has 1 aromatic carbocycles. The monoisotopic (exact) mass is 370 g/mol. The third kappa shape index (κ3) is 9.16. The summed E-state index contributed by atoms with van der Waals surface area (Å²) < 4.78 is 22.4. The molecule has 0 aromatic heterocycles. The topological polar surface area (TPSA) is 67.0 Å². The summed E-state index contributed by atoms with van der Waals surface area (Å²) in [6, 6.07) is 3.14. The molecule has 0 radical (unpaired) electrons. The van der Waals surface area contributed by atoms with Crippen molar-refractivity contribution in [2.45, 2.75) is 52.9 Å². The third-order valence-corrected chi connectivity index (χ3v) is 3.31. The molecule has 0 bridgehead atoms. The normalized spacial score (nSPS) is 9.65. The van der Waals surface area contributed by atoms with Crippen LogP contribution in [0.4, 0.5) is 14.5 Å². The van der Waals surface area contributed by atoms with Crippen molar-refractivity contribution in [2.75, 3.05) is 0 Å². The summed E-state index contributed by atoms with van der Waals surface area (Å²) in [6.45, 7) is 5.47. The van der Waals surface area contributed by atoms with Gasteiger partial charge < -0.3 is 18.0 Å². The first-order chi connectivity index (χ1) is 10.3. The Labute approximate surface area is 183 Å². The largest absolute Gasteiger partial charge is 1.00 e. The molecule has 8 heteroatoms. The van der Waals surface area contributed by atoms with E-state index in [1.54, 1.807) is 13.0 Å². The number of halogens is 2. The minimum Gasteiger partial charge on any atom is -0.760 e. The molecule has 0 aliphatic heterocycles.